The SMILES string of the molecule is COc1ccc(CNC(=O)CC2CCN(C(=O)CCc3cccc(F)c3)CC2)cc1. The average Bonchev–Trinajstić information content (AvgIpc) is 2.77. The van der Waals surface area contributed by atoms with Crippen LogP contribution in [0.1, 0.15) is 36.8 Å². The predicted octanol–water partition coefficient (Wildman–Crippen LogP) is 3.71. The lowest BCUT2D eigenvalue weighted by molar-refractivity contribution is -0.132. The van der Waals surface area contributed by atoms with Gasteiger partial charge in [-0.05, 0) is 60.6 Å². The zero-order chi connectivity index (χ0) is 21.3. The van der Waals surface area contributed by atoms with Gasteiger partial charge >= 0.3 is 0 Å². The van der Waals surface area contributed by atoms with Gasteiger partial charge < -0.3 is 15.0 Å². The Balaban J connectivity index is 1.35. The molecule has 160 valence electrons. The Morgan fingerprint density at radius 2 is 1.83 bits per heavy atom. The molecule has 0 bridgehead atoms. The van der Waals surface area contributed by atoms with Crippen molar-refractivity contribution in [2.45, 2.75) is 38.6 Å². The highest BCUT2D eigenvalue weighted by atomic mass is 19.1. The monoisotopic (exact) mass is 412 g/mol. The van der Waals surface area contributed by atoms with Crippen LogP contribution in [0, 0.1) is 11.7 Å². The first-order valence-corrected chi connectivity index (χ1v) is 10.5. The van der Waals surface area contributed by atoms with Crippen molar-refractivity contribution < 1.29 is 18.7 Å². The smallest absolute Gasteiger partial charge is 0.222 e. The molecule has 1 fully saturated rings. The van der Waals surface area contributed by atoms with Crippen molar-refractivity contribution in [3.63, 3.8) is 0 Å². The molecule has 0 atom stereocenters. The molecule has 1 N–H and O–H groups in total. The van der Waals surface area contributed by atoms with E-state index >= 15 is 0 Å². The number of halogens is 1. The van der Waals surface area contributed by atoms with Crippen LogP contribution in [0.2, 0.25) is 0 Å². The molecule has 6 heteroatoms. The molecule has 1 saturated heterocycles. The van der Waals surface area contributed by atoms with Crippen LogP contribution >= 0.6 is 0 Å². The Morgan fingerprint density at radius 1 is 1.10 bits per heavy atom. The second-order valence-electron chi connectivity index (χ2n) is 7.78. The van der Waals surface area contributed by atoms with Crippen LogP contribution < -0.4 is 10.1 Å². The van der Waals surface area contributed by atoms with Crippen LogP contribution in [-0.4, -0.2) is 36.9 Å². The number of nitrogens with zero attached hydrogens (tertiary/aromatic N) is 1. The summed E-state index contributed by atoms with van der Waals surface area (Å²) >= 11 is 0. The number of amides is 2. The Hall–Kier alpha value is -2.89. The van der Waals surface area contributed by atoms with Gasteiger partial charge in [-0.1, -0.05) is 24.3 Å². The first-order valence-electron chi connectivity index (χ1n) is 10.5. The van der Waals surface area contributed by atoms with E-state index in [0.717, 1.165) is 29.7 Å². The fourth-order valence-corrected chi connectivity index (χ4v) is 3.77. The molecule has 3 rings (SSSR count). The summed E-state index contributed by atoms with van der Waals surface area (Å²) in [6.45, 7) is 1.86. The Morgan fingerprint density at radius 3 is 2.50 bits per heavy atom. The minimum absolute atomic E-state index is 0.0432. The van der Waals surface area contributed by atoms with Gasteiger partial charge in [-0.3, -0.25) is 9.59 Å². The van der Waals surface area contributed by atoms with E-state index in [1.807, 2.05) is 35.2 Å². The maximum atomic E-state index is 13.2. The van der Waals surface area contributed by atoms with Crippen molar-refractivity contribution in [2.24, 2.45) is 5.92 Å². The maximum Gasteiger partial charge on any atom is 0.222 e. The van der Waals surface area contributed by atoms with E-state index in [1.54, 1.807) is 13.2 Å². The van der Waals surface area contributed by atoms with E-state index in [4.69, 9.17) is 4.74 Å². The first kappa shape index (κ1) is 21.8. The molecule has 0 spiro atoms. The summed E-state index contributed by atoms with van der Waals surface area (Å²) in [5.41, 5.74) is 1.87. The minimum Gasteiger partial charge on any atom is -0.497 e. The lowest BCUT2D eigenvalue weighted by Crippen LogP contribution is -2.39. The molecule has 5 nitrogen and oxygen atoms in total. The topological polar surface area (TPSA) is 58.6 Å². The third kappa shape index (κ3) is 6.58. The quantitative estimate of drug-likeness (QED) is 0.719. The number of likely N-dealkylation sites (tertiary alicyclic amines) is 1. The van der Waals surface area contributed by atoms with Crippen molar-refractivity contribution in [2.75, 3.05) is 20.2 Å². The van der Waals surface area contributed by atoms with Gasteiger partial charge in [0.25, 0.3) is 0 Å². The number of nitrogens with one attached hydrogen (secondary N) is 1. The molecular formula is C24H29FN2O3. The number of piperidine rings is 1. The van der Waals surface area contributed by atoms with Gasteiger partial charge in [-0.25, -0.2) is 4.39 Å². The standard InChI is InChI=1S/C24H29FN2O3/c1-30-22-8-5-20(6-9-22)17-26-23(28)16-19-11-13-27(14-12-19)24(29)10-7-18-3-2-4-21(25)15-18/h2-6,8-9,15,19H,7,10-14,16-17H2,1H3,(H,26,28). The van der Waals surface area contributed by atoms with Crippen molar-refractivity contribution in [1.29, 1.82) is 0 Å². The van der Waals surface area contributed by atoms with Gasteiger partial charge in [0.1, 0.15) is 11.6 Å². The largest absolute Gasteiger partial charge is 0.497 e. The minimum atomic E-state index is -0.272. The number of methoxy groups -OCH3 is 1. The number of carbonyl (C=O) groups is 2. The highest BCUT2D eigenvalue weighted by molar-refractivity contribution is 5.77. The lowest BCUT2D eigenvalue weighted by atomic mass is 9.93. The summed E-state index contributed by atoms with van der Waals surface area (Å²) < 4.78 is 18.4. The van der Waals surface area contributed by atoms with E-state index in [1.165, 1.54) is 12.1 Å². The number of hydrogen-bond donors (Lipinski definition) is 1. The van der Waals surface area contributed by atoms with Gasteiger partial charge in [-0.2, -0.15) is 0 Å². The van der Waals surface area contributed by atoms with Gasteiger partial charge in [0.15, 0.2) is 0 Å². The van der Waals surface area contributed by atoms with E-state index < -0.39 is 0 Å². The van der Waals surface area contributed by atoms with Crippen LogP contribution in [-0.2, 0) is 22.6 Å². The number of rotatable bonds is 8. The predicted molar refractivity (Wildman–Crippen MR) is 113 cm³/mol. The van der Waals surface area contributed by atoms with Crippen LogP contribution in [0.15, 0.2) is 48.5 Å². The first-order chi connectivity index (χ1) is 14.5. The van der Waals surface area contributed by atoms with Crippen molar-refractivity contribution in [1.82, 2.24) is 10.2 Å². The molecule has 2 aromatic rings. The summed E-state index contributed by atoms with van der Waals surface area (Å²) in [5, 5.41) is 2.97. The second-order valence-corrected chi connectivity index (χ2v) is 7.78. The van der Waals surface area contributed by atoms with E-state index in [0.29, 0.717) is 44.8 Å². The van der Waals surface area contributed by atoms with Crippen LogP contribution in [0.4, 0.5) is 4.39 Å². The highest BCUT2D eigenvalue weighted by Crippen LogP contribution is 2.21. The van der Waals surface area contributed by atoms with E-state index in [2.05, 4.69) is 5.32 Å². The fourth-order valence-electron chi connectivity index (χ4n) is 3.77. The Labute approximate surface area is 177 Å². The number of benzene rings is 2. The van der Waals surface area contributed by atoms with E-state index in [-0.39, 0.29) is 17.6 Å². The molecule has 30 heavy (non-hydrogen) atoms. The molecule has 0 unspecified atom stereocenters. The molecule has 0 radical (unpaired) electrons. The summed E-state index contributed by atoms with van der Waals surface area (Å²) in [5.74, 6) is 0.963. The van der Waals surface area contributed by atoms with Crippen molar-refractivity contribution >= 4 is 11.8 Å². The molecular weight excluding hydrogens is 383 g/mol. The zero-order valence-corrected chi connectivity index (χ0v) is 17.4. The number of ether oxygens (including phenoxy) is 1. The van der Waals surface area contributed by atoms with Crippen LogP contribution in [0.3, 0.4) is 0 Å². The summed E-state index contributed by atoms with van der Waals surface area (Å²) in [6.07, 6.45) is 3.09. The molecule has 1 aliphatic rings. The molecule has 0 aromatic heterocycles. The summed E-state index contributed by atoms with van der Waals surface area (Å²) in [6, 6.07) is 14.0. The zero-order valence-electron chi connectivity index (χ0n) is 17.4. The van der Waals surface area contributed by atoms with Gasteiger partial charge in [0.05, 0.1) is 7.11 Å². The Kier molecular flexibility index (Phi) is 7.82. The molecule has 2 amide bonds. The maximum absolute atomic E-state index is 13.2. The fraction of sp³-hybridized carbons (Fsp3) is 0.417. The molecule has 1 aliphatic heterocycles. The average molecular weight is 413 g/mol. The summed E-state index contributed by atoms with van der Waals surface area (Å²) in [7, 11) is 1.63. The normalized spacial score (nSPS) is 14.4. The Bertz CT molecular complexity index is 846. The third-order valence-corrected chi connectivity index (χ3v) is 5.61. The number of carbonyl (C=O) groups excluding carboxylic acids is 2. The molecule has 1 heterocycles. The van der Waals surface area contributed by atoms with Gasteiger partial charge in [0.2, 0.25) is 11.8 Å². The van der Waals surface area contributed by atoms with Crippen molar-refractivity contribution in [3.05, 3.63) is 65.5 Å². The van der Waals surface area contributed by atoms with Gasteiger partial charge in [0, 0.05) is 32.5 Å². The third-order valence-electron chi connectivity index (χ3n) is 5.61. The molecule has 2 aromatic carbocycles. The van der Waals surface area contributed by atoms with Crippen LogP contribution in [0.25, 0.3) is 0 Å². The lowest BCUT2D eigenvalue weighted by Gasteiger charge is -2.32. The van der Waals surface area contributed by atoms with Crippen molar-refractivity contribution in [3.8, 4) is 5.75 Å². The molecule has 0 aliphatic carbocycles. The number of hydrogen-bond acceptors (Lipinski definition) is 3. The number of aryl methyl sites for hydroxylation is 1. The summed E-state index contributed by atoms with van der Waals surface area (Å²) in [4.78, 5) is 26.6. The molecule has 0 saturated carbocycles. The van der Waals surface area contributed by atoms with Crippen LogP contribution in [0.5, 0.6) is 5.75 Å². The highest BCUT2D eigenvalue weighted by Gasteiger charge is 2.24. The second kappa shape index (κ2) is 10.8. The van der Waals surface area contributed by atoms with Gasteiger partial charge in [-0.15, -0.1) is 0 Å². The van der Waals surface area contributed by atoms with E-state index in [9.17, 15) is 14.0 Å².